The van der Waals surface area contributed by atoms with Gasteiger partial charge in [-0.15, -0.1) is 0 Å². The van der Waals surface area contributed by atoms with Gasteiger partial charge in [-0.25, -0.2) is 9.59 Å². The van der Waals surface area contributed by atoms with Crippen LogP contribution in [0, 0.1) is 0 Å². The summed E-state index contributed by atoms with van der Waals surface area (Å²) < 4.78 is 9.59. The van der Waals surface area contributed by atoms with E-state index in [1.807, 2.05) is 0 Å². The summed E-state index contributed by atoms with van der Waals surface area (Å²) in [5.74, 6) is -0.467. The SMILES string of the molecule is C[Si](C)(C)CCOC(=O)c1ccoc(=O)c1. The van der Waals surface area contributed by atoms with Crippen LogP contribution in [0.5, 0.6) is 0 Å². The standard InChI is InChI=1S/C11H16O4Si/c1-16(2,3)7-6-15-11(13)9-4-5-14-10(12)8-9/h4-5,8H,6-7H2,1-3H3. The molecule has 0 aromatic carbocycles. The van der Waals surface area contributed by atoms with Crippen LogP contribution >= 0.6 is 0 Å². The van der Waals surface area contributed by atoms with E-state index in [0.29, 0.717) is 6.61 Å². The summed E-state index contributed by atoms with van der Waals surface area (Å²) >= 11 is 0. The van der Waals surface area contributed by atoms with E-state index >= 15 is 0 Å². The molecular formula is C11H16O4Si. The minimum atomic E-state index is -1.19. The first kappa shape index (κ1) is 12.7. The summed E-state index contributed by atoms with van der Waals surface area (Å²) in [7, 11) is -1.19. The van der Waals surface area contributed by atoms with Crippen molar-refractivity contribution in [2.45, 2.75) is 25.7 Å². The van der Waals surface area contributed by atoms with Crippen molar-refractivity contribution in [1.82, 2.24) is 0 Å². The molecule has 0 fully saturated rings. The first-order valence-electron chi connectivity index (χ1n) is 5.14. The van der Waals surface area contributed by atoms with Crippen molar-refractivity contribution in [1.29, 1.82) is 0 Å². The molecule has 5 heteroatoms. The second-order valence-electron chi connectivity index (χ2n) is 4.79. The van der Waals surface area contributed by atoms with Gasteiger partial charge in [0.05, 0.1) is 18.4 Å². The third-order valence-electron chi connectivity index (χ3n) is 2.03. The van der Waals surface area contributed by atoms with Crippen LogP contribution in [0.15, 0.2) is 27.6 Å². The largest absolute Gasteiger partial charge is 0.462 e. The van der Waals surface area contributed by atoms with Gasteiger partial charge in [-0.05, 0) is 12.1 Å². The predicted molar refractivity (Wildman–Crippen MR) is 63.4 cm³/mol. The van der Waals surface area contributed by atoms with Crippen LogP contribution in [0.4, 0.5) is 0 Å². The van der Waals surface area contributed by atoms with Gasteiger partial charge in [0.2, 0.25) is 0 Å². The summed E-state index contributed by atoms with van der Waals surface area (Å²) in [5.41, 5.74) is -0.300. The molecule has 0 aliphatic carbocycles. The van der Waals surface area contributed by atoms with Crippen LogP contribution < -0.4 is 5.63 Å². The quantitative estimate of drug-likeness (QED) is 0.597. The van der Waals surface area contributed by atoms with E-state index in [9.17, 15) is 9.59 Å². The smallest absolute Gasteiger partial charge is 0.338 e. The molecule has 0 saturated carbocycles. The Balaban J connectivity index is 2.51. The summed E-state index contributed by atoms with van der Waals surface area (Å²) in [6.45, 7) is 7.03. The molecule has 0 radical (unpaired) electrons. The number of ether oxygens (including phenoxy) is 1. The fourth-order valence-corrected chi connectivity index (χ4v) is 1.76. The molecule has 0 aliphatic rings. The summed E-state index contributed by atoms with van der Waals surface area (Å²) in [5, 5.41) is 0. The van der Waals surface area contributed by atoms with Gasteiger partial charge >= 0.3 is 11.6 Å². The van der Waals surface area contributed by atoms with E-state index in [1.54, 1.807) is 0 Å². The molecule has 0 saturated heterocycles. The number of rotatable bonds is 4. The highest BCUT2D eigenvalue weighted by atomic mass is 28.3. The Labute approximate surface area is 95.2 Å². The Morgan fingerprint density at radius 1 is 1.44 bits per heavy atom. The molecule has 1 rings (SSSR count). The van der Waals surface area contributed by atoms with Gasteiger partial charge in [0, 0.05) is 14.1 Å². The fourth-order valence-electron chi connectivity index (χ4n) is 1.04. The van der Waals surface area contributed by atoms with E-state index in [1.165, 1.54) is 12.3 Å². The third kappa shape index (κ3) is 4.44. The van der Waals surface area contributed by atoms with Crippen molar-refractivity contribution in [3.8, 4) is 0 Å². The van der Waals surface area contributed by atoms with Gasteiger partial charge in [0.25, 0.3) is 0 Å². The Morgan fingerprint density at radius 3 is 2.69 bits per heavy atom. The van der Waals surface area contributed by atoms with Crippen LogP contribution in [0.1, 0.15) is 10.4 Å². The van der Waals surface area contributed by atoms with Crippen LogP contribution in [-0.4, -0.2) is 20.7 Å². The number of carbonyl (C=O) groups is 1. The lowest BCUT2D eigenvalue weighted by Gasteiger charge is -2.15. The molecule has 0 unspecified atom stereocenters. The molecule has 0 atom stereocenters. The lowest BCUT2D eigenvalue weighted by Crippen LogP contribution is -2.22. The minimum Gasteiger partial charge on any atom is -0.462 e. The molecule has 16 heavy (non-hydrogen) atoms. The lowest BCUT2D eigenvalue weighted by atomic mass is 10.3. The maximum Gasteiger partial charge on any atom is 0.338 e. The van der Waals surface area contributed by atoms with Crippen molar-refractivity contribution in [3.05, 3.63) is 34.4 Å². The fraction of sp³-hybridized carbons (Fsp3) is 0.455. The third-order valence-corrected chi connectivity index (χ3v) is 3.73. The van der Waals surface area contributed by atoms with Crippen molar-refractivity contribution >= 4 is 14.0 Å². The summed E-state index contributed by atoms with van der Waals surface area (Å²) in [6, 6.07) is 3.48. The van der Waals surface area contributed by atoms with Crippen LogP contribution in [0.25, 0.3) is 0 Å². The monoisotopic (exact) mass is 240 g/mol. The van der Waals surface area contributed by atoms with E-state index in [4.69, 9.17) is 4.74 Å². The number of esters is 1. The number of hydrogen-bond donors (Lipinski definition) is 0. The molecule has 88 valence electrons. The molecule has 0 bridgehead atoms. The predicted octanol–water partition coefficient (Wildman–Crippen LogP) is 2.13. The van der Waals surface area contributed by atoms with Crippen molar-refractivity contribution in [2.24, 2.45) is 0 Å². The molecule has 1 heterocycles. The van der Waals surface area contributed by atoms with Gasteiger partial charge in [-0.3, -0.25) is 0 Å². The average molecular weight is 240 g/mol. The molecule has 0 spiro atoms. The number of hydrogen-bond acceptors (Lipinski definition) is 4. The average Bonchev–Trinajstić information content (AvgIpc) is 2.15. The Hall–Kier alpha value is -1.36. The van der Waals surface area contributed by atoms with Gasteiger partial charge in [-0.2, -0.15) is 0 Å². The van der Waals surface area contributed by atoms with Gasteiger partial charge in [0.15, 0.2) is 0 Å². The Kier molecular flexibility index (Phi) is 4.06. The molecule has 1 aromatic rings. The second kappa shape index (κ2) is 5.11. The lowest BCUT2D eigenvalue weighted by molar-refractivity contribution is 0.0524. The molecule has 0 amide bonds. The number of carbonyl (C=O) groups excluding carboxylic acids is 1. The minimum absolute atomic E-state index is 0.242. The van der Waals surface area contributed by atoms with Crippen molar-refractivity contribution in [2.75, 3.05) is 6.61 Å². The molecule has 4 nitrogen and oxygen atoms in total. The highest BCUT2D eigenvalue weighted by molar-refractivity contribution is 6.76. The zero-order valence-electron chi connectivity index (χ0n) is 9.78. The van der Waals surface area contributed by atoms with E-state index < -0.39 is 19.7 Å². The van der Waals surface area contributed by atoms with Gasteiger partial charge in [-0.1, -0.05) is 19.6 Å². The van der Waals surface area contributed by atoms with E-state index in [2.05, 4.69) is 24.1 Å². The Bertz CT molecular complexity index is 416. The zero-order valence-corrected chi connectivity index (χ0v) is 10.8. The van der Waals surface area contributed by atoms with Crippen LogP contribution in [-0.2, 0) is 4.74 Å². The highest BCUT2D eigenvalue weighted by Gasteiger charge is 2.14. The molecule has 1 aromatic heterocycles. The Morgan fingerprint density at radius 2 is 2.12 bits per heavy atom. The topological polar surface area (TPSA) is 56.5 Å². The summed E-state index contributed by atoms with van der Waals surface area (Å²) in [4.78, 5) is 22.4. The van der Waals surface area contributed by atoms with E-state index in [0.717, 1.165) is 12.1 Å². The van der Waals surface area contributed by atoms with Crippen LogP contribution in [0.2, 0.25) is 25.7 Å². The molecule has 0 N–H and O–H groups in total. The summed E-state index contributed by atoms with van der Waals surface area (Å²) in [6.07, 6.45) is 1.19. The molecule has 0 aliphatic heterocycles. The second-order valence-corrected chi connectivity index (χ2v) is 10.4. The molecular weight excluding hydrogens is 224 g/mol. The van der Waals surface area contributed by atoms with Crippen molar-refractivity contribution < 1.29 is 13.9 Å². The highest BCUT2D eigenvalue weighted by Crippen LogP contribution is 2.08. The first-order valence-corrected chi connectivity index (χ1v) is 8.85. The maximum absolute atomic E-state index is 11.5. The van der Waals surface area contributed by atoms with Gasteiger partial charge < -0.3 is 9.15 Å². The zero-order chi connectivity index (χ0) is 12.2. The van der Waals surface area contributed by atoms with Gasteiger partial charge in [0.1, 0.15) is 0 Å². The normalized spacial score (nSPS) is 11.2. The van der Waals surface area contributed by atoms with Crippen molar-refractivity contribution in [3.63, 3.8) is 0 Å². The van der Waals surface area contributed by atoms with Crippen LogP contribution in [0.3, 0.4) is 0 Å². The maximum atomic E-state index is 11.5. The van der Waals surface area contributed by atoms with E-state index in [-0.39, 0.29) is 5.56 Å². The first-order chi connectivity index (χ1) is 7.38.